The van der Waals surface area contributed by atoms with Crippen molar-refractivity contribution in [3.05, 3.63) is 72.1 Å². The number of H-pyrrole nitrogens is 1. The van der Waals surface area contributed by atoms with Crippen LogP contribution >= 0.6 is 0 Å². The van der Waals surface area contributed by atoms with Gasteiger partial charge in [0.15, 0.2) is 0 Å². The summed E-state index contributed by atoms with van der Waals surface area (Å²) < 4.78 is 0. The Morgan fingerprint density at radius 3 is 2.85 bits per heavy atom. The number of aromatic nitrogens is 2. The van der Waals surface area contributed by atoms with Gasteiger partial charge in [0, 0.05) is 34.6 Å². The van der Waals surface area contributed by atoms with Crippen LogP contribution in [0.1, 0.15) is 24.1 Å². The molecule has 0 unspecified atom stereocenters. The van der Waals surface area contributed by atoms with Crippen molar-refractivity contribution in [3.8, 4) is 0 Å². The van der Waals surface area contributed by atoms with Crippen LogP contribution in [0.15, 0.2) is 60.8 Å². The number of carbonyl (C=O) groups is 1. The largest absolute Gasteiger partial charge is 0.358 e. The van der Waals surface area contributed by atoms with Crippen LogP contribution in [0.2, 0.25) is 0 Å². The van der Waals surface area contributed by atoms with Gasteiger partial charge in [-0.05, 0) is 43.5 Å². The second kappa shape index (κ2) is 7.00. The lowest BCUT2D eigenvalue weighted by Crippen LogP contribution is -2.12. The third kappa shape index (κ3) is 3.18. The lowest BCUT2D eigenvalue weighted by molar-refractivity contribution is -0.116. The first kappa shape index (κ1) is 16.3. The van der Waals surface area contributed by atoms with Crippen LogP contribution in [0.25, 0.3) is 21.8 Å². The van der Waals surface area contributed by atoms with Crippen molar-refractivity contribution in [1.82, 2.24) is 9.97 Å². The molecule has 0 aliphatic carbocycles. The molecule has 0 saturated carbocycles. The monoisotopic (exact) mass is 343 g/mol. The van der Waals surface area contributed by atoms with Crippen LogP contribution in [-0.4, -0.2) is 15.9 Å². The van der Waals surface area contributed by atoms with Gasteiger partial charge in [0.1, 0.15) is 0 Å². The third-order valence-corrected chi connectivity index (χ3v) is 4.76. The Morgan fingerprint density at radius 1 is 1.08 bits per heavy atom. The van der Waals surface area contributed by atoms with E-state index in [9.17, 15) is 4.79 Å². The zero-order valence-corrected chi connectivity index (χ0v) is 14.8. The first-order chi connectivity index (χ1) is 12.7. The van der Waals surface area contributed by atoms with E-state index in [1.807, 2.05) is 36.4 Å². The molecule has 2 aromatic carbocycles. The van der Waals surface area contributed by atoms with E-state index in [2.05, 4.69) is 40.4 Å². The summed E-state index contributed by atoms with van der Waals surface area (Å²) in [6.45, 7) is 2.09. The number of carbonyl (C=O) groups excluding carboxylic acids is 1. The van der Waals surface area contributed by atoms with Crippen molar-refractivity contribution in [3.63, 3.8) is 0 Å². The quantitative estimate of drug-likeness (QED) is 0.536. The zero-order chi connectivity index (χ0) is 17.9. The van der Waals surface area contributed by atoms with Gasteiger partial charge < -0.3 is 10.3 Å². The Hall–Kier alpha value is -3.14. The van der Waals surface area contributed by atoms with E-state index in [0.29, 0.717) is 6.42 Å². The summed E-state index contributed by atoms with van der Waals surface area (Å²) >= 11 is 0. The fraction of sp³-hybridized carbons (Fsp3) is 0.182. The minimum absolute atomic E-state index is 0.0284. The SMILES string of the molecule is Cc1[nH]c2ccccc2c1CCCC(=O)Nc1cccc2cccnc12. The number of para-hydroxylation sites is 2. The van der Waals surface area contributed by atoms with E-state index in [-0.39, 0.29) is 5.91 Å². The number of aryl methyl sites for hydroxylation is 2. The van der Waals surface area contributed by atoms with Gasteiger partial charge in [-0.1, -0.05) is 36.4 Å². The minimum atomic E-state index is 0.0284. The molecule has 4 rings (SSSR count). The highest BCUT2D eigenvalue weighted by Gasteiger charge is 2.10. The first-order valence-corrected chi connectivity index (χ1v) is 8.92. The van der Waals surface area contributed by atoms with E-state index in [1.54, 1.807) is 6.20 Å². The van der Waals surface area contributed by atoms with E-state index in [1.165, 1.54) is 16.6 Å². The van der Waals surface area contributed by atoms with Gasteiger partial charge in [-0.25, -0.2) is 0 Å². The molecule has 0 fully saturated rings. The highest BCUT2D eigenvalue weighted by Crippen LogP contribution is 2.24. The molecule has 2 heterocycles. The van der Waals surface area contributed by atoms with Crippen LogP contribution in [-0.2, 0) is 11.2 Å². The molecular formula is C22H21N3O. The Bertz CT molecular complexity index is 1080. The Balaban J connectivity index is 1.42. The van der Waals surface area contributed by atoms with Crippen LogP contribution in [0.3, 0.4) is 0 Å². The van der Waals surface area contributed by atoms with E-state index in [0.717, 1.165) is 34.9 Å². The number of hydrogen-bond donors (Lipinski definition) is 2. The Kier molecular flexibility index (Phi) is 4.40. The standard InChI is InChI=1S/C22H21N3O/c1-15-17(18-9-2-3-11-19(18)24-15)10-5-13-21(26)25-20-12-4-7-16-8-6-14-23-22(16)20/h2-4,6-9,11-12,14,24H,5,10,13H2,1H3,(H,25,26). The summed E-state index contributed by atoms with van der Waals surface area (Å²) in [5, 5.41) is 5.29. The zero-order valence-electron chi connectivity index (χ0n) is 14.8. The fourth-order valence-electron chi connectivity index (χ4n) is 3.50. The average Bonchev–Trinajstić information content (AvgIpc) is 2.98. The van der Waals surface area contributed by atoms with Crippen molar-refractivity contribution < 1.29 is 4.79 Å². The lowest BCUT2D eigenvalue weighted by atomic mass is 10.0. The normalized spacial score (nSPS) is 11.1. The molecule has 4 nitrogen and oxygen atoms in total. The van der Waals surface area contributed by atoms with Crippen molar-refractivity contribution in [2.75, 3.05) is 5.32 Å². The van der Waals surface area contributed by atoms with Gasteiger partial charge in [0.05, 0.1) is 11.2 Å². The molecule has 0 bridgehead atoms. The molecule has 0 aliphatic rings. The number of nitrogens with one attached hydrogen (secondary N) is 2. The molecule has 0 aliphatic heterocycles. The highest BCUT2D eigenvalue weighted by molar-refractivity contribution is 6.00. The number of hydrogen-bond acceptors (Lipinski definition) is 2. The van der Waals surface area contributed by atoms with Crippen LogP contribution in [0.5, 0.6) is 0 Å². The minimum Gasteiger partial charge on any atom is -0.358 e. The molecule has 4 aromatic rings. The van der Waals surface area contributed by atoms with Gasteiger partial charge in [-0.15, -0.1) is 0 Å². The number of rotatable bonds is 5. The summed E-state index contributed by atoms with van der Waals surface area (Å²) in [5.74, 6) is 0.0284. The van der Waals surface area contributed by atoms with Crippen molar-refractivity contribution in [2.45, 2.75) is 26.2 Å². The van der Waals surface area contributed by atoms with E-state index < -0.39 is 0 Å². The number of anilines is 1. The summed E-state index contributed by atoms with van der Waals surface area (Å²) in [4.78, 5) is 20.2. The van der Waals surface area contributed by atoms with Crippen LogP contribution in [0.4, 0.5) is 5.69 Å². The molecule has 0 radical (unpaired) electrons. The summed E-state index contributed by atoms with van der Waals surface area (Å²) in [5.41, 5.74) is 5.25. The number of nitrogens with zero attached hydrogens (tertiary/aromatic N) is 1. The molecule has 0 saturated heterocycles. The smallest absolute Gasteiger partial charge is 0.224 e. The first-order valence-electron chi connectivity index (χ1n) is 8.92. The summed E-state index contributed by atoms with van der Waals surface area (Å²) in [6.07, 6.45) is 3.93. The Labute approximate surface area is 152 Å². The van der Waals surface area contributed by atoms with Crippen molar-refractivity contribution in [2.24, 2.45) is 0 Å². The number of fused-ring (bicyclic) bond motifs is 2. The molecule has 2 N–H and O–H groups in total. The van der Waals surface area contributed by atoms with Gasteiger partial charge >= 0.3 is 0 Å². The van der Waals surface area contributed by atoms with Gasteiger partial charge in [-0.2, -0.15) is 0 Å². The highest BCUT2D eigenvalue weighted by atomic mass is 16.1. The number of amides is 1. The molecule has 0 spiro atoms. The average molecular weight is 343 g/mol. The van der Waals surface area contributed by atoms with Gasteiger partial charge in [-0.3, -0.25) is 9.78 Å². The summed E-state index contributed by atoms with van der Waals surface area (Å²) in [6, 6.07) is 18.0. The summed E-state index contributed by atoms with van der Waals surface area (Å²) in [7, 11) is 0. The predicted molar refractivity (Wildman–Crippen MR) is 106 cm³/mol. The third-order valence-electron chi connectivity index (χ3n) is 4.76. The number of pyridine rings is 1. The second-order valence-corrected chi connectivity index (χ2v) is 6.56. The second-order valence-electron chi connectivity index (χ2n) is 6.56. The van der Waals surface area contributed by atoms with Gasteiger partial charge in [0.25, 0.3) is 0 Å². The van der Waals surface area contributed by atoms with Gasteiger partial charge in [0.2, 0.25) is 5.91 Å². The van der Waals surface area contributed by atoms with E-state index >= 15 is 0 Å². The number of benzene rings is 2. The fourth-order valence-corrected chi connectivity index (χ4v) is 3.50. The Morgan fingerprint density at radius 2 is 1.92 bits per heavy atom. The topological polar surface area (TPSA) is 57.8 Å². The molecular weight excluding hydrogens is 322 g/mol. The number of aromatic amines is 1. The molecule has 4 heteroatoms. The molecule has 130 valence electrons. The van der Waals surface area contributed by atoms with Crippen LogP contribution in [0, 0.1) is 6.92 Å². The molecule has 2 aromatic heterocycles. The maximum Gasteiger partial charge on any atom is 0.224 e. The molecule has 0 atom stereocenters. The van der Waals surface area contributed by atoms with Crippen molar-refractivity contribution in [1.29, 1.82) is 0 Å². The van der Waals surface area contributed by atoms with Crippen LogP contribution < -0.4 is 5.32 Å². The lowest BCUT2D eigenvalue weighted by Gasteiger charge is -2.08. The van der Waals surface area contributed by atoms with E-state index in [4.69, 9.17) is 0 Å². The molecule has 26 heavy (non-hydrogen) atoms. The maximum atomic E-state index is 12.4. The maximum absolute atomic E-state index is 12.4. The predicted octanol–water partition coefficient (Wildman–Crippen LogP) is 4.99. The molecule has 1 amide bonds. The van der Waals surface area contributed by atoms with Crippen molar-refractivity contribution >= 4 is 33.4 Å².